The Morgan fingerprint density at radius 1 is 1.38 bits per heavy atom. The lowest BCUT2D eigenvalue weighted by atomic mass is 10.0. The Morgan fingerprint density at radius 3 is 2.69 bits per heavy atom. The highest BCUT2D eigenvalue weighted by Crippen LogP contribution is 2.16. The molecule has 1 aromatic carbocycles. The van der Waals surface area contributed by atoms with Gasteiger partial charge < -0.3 is 10.5 Å². The van der Waals surface area contributed by atoms with Crippen LogP contribution in [-0.4, -0.2) is 12.6 Å². The van der Waals surface area contributed by atoms with Crippen LogP contribution >= 0.6 is 11.6 Å². The topological polar surface area (TPSA) is 35.2 Å². The summed E-state index contributed by atoms with van der Waals surface area (Å²) in [5, 5.41) is 0.750. The van der Waals surface area contributed by atoms with E-state index >= 15 is 0 Å². The minimum absolute atomic E-state index is 0.104. The van der Waals surface area contributed by atoms with Gasteiger partial charge in [0, 0.05) is 11.1 Å². The Kier molecular flexibility index (Phi) is 5.81. The first kappa shape index (κ1) is 13.5. The summed E-state index contributed by atoms with van der Waals surface area (Å²) >= 11 is 6.02. The predicted octanol–water partition coefficient (Wildman–Crippen LogP) is 3.23. The van der Waals surface area contributed by atoms with Gasteiger partial charge in [0.15, 0.2) is 0 Å². The predicted molar refractivity (Wildman–Crippen MR) is 68.5 cm³/mol. The molecular weight excluding hydrogens is 222 g/mol. The van der Waals surface area contributed by atoms with Crippen molar-refractivity contribution in [2.75, 3.05) is 6.61 Å². The third-order valence-electron chi connectivity index (χ3n) is 2.90. The summed E-state index contributed by atoms with van der Waals surface area (Å²) < 4.78 is 5.58. The number of rotatable bonds is 6. The van der Waals surface area contributed by atoms with E-state index in [1.165, 1.54) is 0 Å². The second-order valence-corrected chi connectivity index (χ2v) is 4.56. The maximum absolute atomic E-state index is 6.02. The molecule has 0 aliphatic heterocycles. The number of nitrogens with two attached hydrogens (primary N) is 1. The largest absolute Gasteiger partial charge is 0.375 e. The average molecular weight is 242 g/mol. The normalized spacial score (nSPS) is 14.8. The van der Waals surface area contributed by atoms with Crippen LogP contribution in [0, 0.1) is 5.92 Å². The van der Waals surface area contributed by atoms with Crippen LogP contribution in [0.25, 0.3) is 0 Å². The fraction of sp³-hybridized carbons (Fsp3) is 0.538. The highest BCUT2D eigenvalue weighted by atomic mass is 35.5. The Hall–Kier alpha value is -0.570. The Morgan fingerprint density at radius 2 is 2.06 bits per heavy atom. The van der Waals surface area contributed by atoms with E-state index in [0.717, 1.165) is 17.0 Å². The number of hydrogen-bond donors (Lipinski definition) is 1. The molecule has 0 fully saturated rings. The Bertz CT molecular complexity index is 317. The third-order valence-corrected chi connectivity index (χ3v) is 3.27. The van der Waals surface area contributed by atoms with E-state index in [-0.39, 0.29) is 6.04 Å². The van der Waals surface area contributed by atoms with Gasteiger partial charge in [-0.25, -0.2) is 0 Å². The molecule has 2 atom stereocenters. The third kappa shape index (κ3) is 4.12. The van der Waals surface area contributed by atoms with E-state index in [4.69, 9.17) is 22.1 Å². The molecule has 0 aliphatic rings. The number of hydrogen-bond acceptors (Lipinski definition) is 2. The molecule has 3 heteroatoms. The van der Waals surface area contributed by atoms with Gasteiger partial charge >= 0.3 is 0 Å². The van der Waals surface area contributed by atoms with Crippen LogP contribution in [0.2, 0.25) is 5.02 Å². The van der Waals surface area contributed by atoms with Crippen LogP contribution in [-0.2, 0) is 11.3 Å². The zero-order valence-electron chi connectivity index (χ0n) is 9.95. The highest BCUT2D eigenvalue weighted by molar-refractivity contribution is 6.31. The zero-order chi connectivity index (χ0) is 12.0. The monoisotopic (exact) mass is 241 g/mol. The molecule has 0 heterocycles. The van der Waals surface area contributed by atoms with Crippen LogP contribution in [0.3, 0.4) is 0 Å². The SMILES string of the molecule is CCC(C)[C@H](N)COCc1ccccc1Cl. The fourth-order valence-corrected chi connectivity index (χ4v) is 1.58. The maximum Gasteiger partial charge on any atom is 0.0732 e. The summed E-state index contributed by atoms with van der Waals surface area (Å²) in [7, 11) is 0. The van der Waals surface area contributed by atoms with E-state index < -0.39 is 0 Å². The van der Waals surface area contributed by atoms with Crippen molar-refractivity contribution in [2.24, 2.45) is 11.7 Å². The van der Waals surface area contributed by atoms with E-state index in [9.17, 15) is 0 Å². The van der Waals surface area contributed by atoms with Gasteiger partial charge in [0.25, 0.3) is 0 Å². The lowest BCUT2D eigenvalue weighted by molar-refractivity contribution is 0.0947. The molecule has 0 saturated carbocycles. The lowest BCUT2D eigenvalue weighted by Crippen LogP contribution is -2.32. The van der Waals surface area contributed by atoms with Crippen molar-refractivity contribution < 1.29 is 4.74 Å². The molecule has 2 nitrogen and oxygen atoms in total. The van der Waals surface area contributed by atoms with Gasteiger partial charge in [-0.15, -0.1) is 0 Å². The first-order valence-corrected chi connectivity index (χ1v) is 6.09. The number of benzene rings is 1. The molecular formula is C13H20ClNO. The molecule has 0 aromatic heterocycles. The Labute approximate surface area is 103 Å². The van der Waals surface area contributed by atoms with Crippen molar-refractivity contribution in [1.29, 1.82) is 0 Å². The number of halogens is 1. The van der Waals surface area contributed by atoms with Gasteiger partial charge in [-0.1, -0.05) is 50.1 Å². The second kappa shape index (κ2) is 6.89. The Balaban J connectivity index is 2.33. The molecule has 0 aliphatic carbocycles. The summed E-state index contributed by atoms with van der Waals surface area (Å²) in [6.07, 6.45) is 1.08. The summed E-state index contributed by atoms with van der Waals surface area (Å²) in [5.74, 6) is 0.492. The molecule has 0 radical (unpaired) electrons. The van der Waals surface area contributed by atoms with Gasteiger partial charge in [0.05, 0.1) is 13.2 Å². The van der Waals surface area contributed by atoms with E-state index in [2.05, 4.69) is 13.8 Å². The van der Waals surface area contributed by atoms with E-state index in [0.29, 0.717) is 19.1 Å². The van der Waals surface area contributed by atoms with Crippen LogP contribution in [0.1, 0.15) is 25.8 Å². The van der Waals surface area contributed by atoms with Crippen LogP contribution in [0.4, 0.5) is 0 Å². The standard InChI is InChI=1S/C13H20ClNO/c1-3-10(2)13(15)9-16-8-11-6-4-5-7-12(11)14/h4-7,10,13H,3,8-9,15H2,1-2H3/t10?,13-/m1/s1. The minimum Gasteiger partial charge on any atom is -0.375 e. The van der Waals surface area contributed by atoms with E-state index in [1.807, 2.05) is 24.3 Å². The van der Waals surface area contributed by atoms with Crippen molar-refractivity contribution in [2.45, 2.75) is 32.9 Å². The van der Waals surface area contributed by atoms with Gasteiger partial charge in [-0.05, 0) is 17.5 Å². The second-order valence-electron chi connectivity index (χ2n) is 4.16. The molecule has 0 amide bonds. The van der Waals surface area contributed by atoms with Crippen molar-refractivity contribution in [1.82, 2.24) is 0 Å². The molecule has 1 aromatic rings. The van der Waals surface area contributed by atoms with Crippen molar-refractivity contribution >= 4 is 11.6 Å². The average Bonchev–Trinajstić information content (AvgIpc) is 2.30. The van der Waals surface area contributed by atoms with Gasteiger partial charge in [0.1, 0.15) is 0 Å². The summed E-state index contributed by atoms with van der Waals surface area (Å²) in [4.78, 5) is 0. The van der Waals surface area contributed by atoms with E-state index in [1.54, 1.807) is 0 Å². The van der Waals surface area contributed by atoms with Gasteiger partial charge in [-0.2, -0.15) is 0 Å². The molecule has 2 N–H and O–H groups in total. The van der Waals surface area contributed by atoms with Crippen molar-refractivity contribution in [3.05, 3.63) is 34.9 Å². The number of ether oxygens (including phenoxy) is 1. The summed E-state index contributed by atoms with van der Waals surface area (Å²) in [6, 6.07) is 7.81. The van der Waals surface area contributed by atoms with Gasteiger partial charge in [0.2, 0.25) is 0 Å². The zero-order valence-corrected chi connectivity index (χ0v) is 10.7. The molecule has 90 valence electrons. The van der Waals surface area contributed by atoms with Crippen molar-refractivity contribution in [3.8, 4) is 0 Å². The van der Waals surface area contributed by atoms with Gasteiger partial charge in [-0.3, -0.25) is 0 Å². The van der Waals surface area contributed by atoms with Crippen molar-refractivity contribution in [3.63, 3.8) is 0 Å². The fourth-order valence-electron chi connectivity index (χ4n) is 1.39. The smallest absolute Gasteiger partial charge is 0.0732 e. The van der Waals surface area contributed by atoms with Crippen LogP contribution in [0.15, 0.2) is 24.3 Å². The van der Waals surface area contributed by atoms with Crippen LogP contribution < -0.4 is 5.73 Å². The molecule has 1 unspecified atom stereocenters. The quantitative estimate of drug-likeness (QED) is 0.830. The summed E-state index contributed by atoms with van der Waals surface area (Å²) in [5.41, 5.74) is 6.99. The molecule has 16 heavy (non-hydrogen) atoms. The minimum atomic E-state index is 0.104. The maximum atomic E-state index is 6.02. The molecule has 1 rings (SSSR count). The lowest BCUT2D eigenvalue weighted by Gasteiger charge is -2.18. The van der Waals surface area contributed by atoms with Crippen LogP contribution in [0.5, 0.6) is 0 Å². The molecule has 0 bridgehead atoms. The summed E-state index contributed by atoms with van der Waals surface area (Å²) in [6.45, 7) is 5.39. The highest BCUT2D eigenvalue weighted by Gasteiger charge is 2.10. The molecule has 0 spiro atoms. The first-order chi connectivity index (χ1) is 7.65. The molecule has 0 saturated heterocycles. The first-order valence-electron chi connectivity index (χ1n) is 5.71.